The summed E-state index contributed by atoms with van der Waals surface area (Å²) < 4.78 is 1.68. The molecule has 0 amide bonds. The van der Waals surface area contributed by atoms with Gasteiger partial charge in [0.25, 0.3) is 0 Å². The number of aromatic nitrogens is 5. The van der Waals surface area contributed by atoms with Crippen LogP contribution in [0.1, 0.15) is 17.5 Å². The molecular weight excluding hydrogens is 316 g/mol. The molecule has 0 saturated carbocycles. The molecule has 0 bridgehead atoms. The first-order valence-electron chi connectivity index (χ1n) is 8.28. The lowest BCUT2D eigenvalue weighted by Crippen LogP contribution is -2.32. The van der Waals surface area contributed by atoms with Gasteiger partial charge in [0.1, 0.15) is 17.6 Å². The van der Waals surface area contributed by atoms with E-state index in [4.69, 9.17) is 0 Å². The second-order valence-electron chi connectivity index (χ2n) is 6.47. The molecule has 4 rings (SSSR count). The van der Waals surface area contributed by atoms with Gasteiger partial charge in [-0.15, -0.1) is 0 Å². The zero-order chi connectivity index (χ0) is 17.4. The summed E-state index contributed by atoms with van der Waals surface area (Å²) >= 11 is 0. The Morgan fingerprint density at radius 3 is 2.76 bits per heavy atom. The van der Waals surface area contributed by atoms with Crippen LogP contribution >= 0.6 is 0 Å². The Labute approximate surface area is 146 Å². The van der Waals surface area contributed by atoms with Crippen LogP contribution in [-0.4, -0.2) is 42.9 Å². The lowest BCUT2D eigenvalue weighted by Gasteiger charge is -2.25. The number of β-amino-alcohol motifs (C(OH)–C–C–N with tert-alkyl or cyclic N) is 1. The van der Waals surface area contributed by atoms with Crippen LogP contribution in [0.3, 0.4) is 0 Å². The van der Waals surface area contributed by atoms with E-state index in [1.807, 2.05) is 49.2 Å². The van der Waals surface area contributed by atoms with Gasteiger partial charge in [0, 0.05) is 19.8 Å². The van der Waals surface area contributed by atoms with Crippen molar-refractivity contribution in [2.24, 2.45) is 7.05 Å². The van der Waals surface area contributed by atoms with Crippen molar-refractivity contribution in [3.63, 3.8) is 0 Å². The Kier molecular flexibility index (Phi) is 3.73. The zero-order valence-electron chi connectivity index (χ0n) is 14.3. The zero-order valence-corrected chi connectivity index (χ0v) is 14.3. The minimum Gasteiger partial charge on any atom is -0.383 e. The molecule has 1 aliphatic rings. The Balaban J connectivity index is 1.62. The maximum Gasteiger partial charge on any atom is 0.226 e. The third-order valence-corrected chi connectivity index (χ3v) is 4.76. The minimum absolute atomic E-state index is 0.472. The summed E-state index contributed by atoms with van der Waals surface area (Å²) in [4.78, 5) is 15.3. The van der Waals surface area contributed by atoms with Crippen LogP contribution in [0.25, 0.3) is 11.5 Å². The van der Waals surface area contributed by atoms with Crippen molar-refractivity contribution >= 4 is 5.95 Å². The van der Waals surface area contributed by atoms with Gasteiger partial charge in [0.15, 0.2) is 5.82 Å². The lowest BCUT2D eigenvalue weighted by molar-refractivity contribution is 0.0599. The third kappa shape index (κ3) is 2.76. The normalized spacial score (nSPS) is 20.2. The van der Waals surface area contributed by atoms with Crippen molar-refractivity contribution in [1.29, 1.82) is 0 Å². The second kappa shape index (κ2) is 5.93. The molecule has 1 fully saturated rings. The molecule has 1 saturated heterocycles. The summed E-state index contributed by atoms with van der Waals surface area (Å²) in [6.45, 7) is 3.20. The molecule has 3 aromatic rings. The van der Waals surface area contributed by atoms with E-state index in [2.05, 4.69) is 20.1 Å². The number of aliphatic hydroxyl groups is 1. The number of anilines is 1. The van der Waals surface area contributed by atoms with Crippen molar-refractivity contribution in [1.82, 2.24) is 24.7 Å². The van der Waals surface area contributed by atoms with E-state index < -0.39 is 5.60 Å². The van der Waals surface area contributed by atoms with E-state index >= 15 is 0 Å². The second-order valence-corrected chi connectivity index (χ2v) is 6.47. The maximum atomic E-state index is 11.1. The Morgan fingerprint density at radius 1 is 1.16 bits per heavy atom. The molecule has 25 heavy (non-hydrogen) atoms. The first-order valence-corrected chi connectivity index (χ1v) is 8.28. The Bertz CT molecular complexity index is 908. The van der Waals surface area contributed by atoms with E-state index in [9.17, 15) is 5.11 Å². The highest BCUT2D eigenvalue weighted by atomic mass is 16.3. The van der Waals surface area contributed by atoms with E-state index in [0.29, 0.717) is 31.3 Å². The molecule has 1 aliphatic heterocycles. The molecule has 2 aromatic heterocycles. The van der Waals surface area contributed by atoms with Gasteiger partial charge in [-0.1, -0.05) is 24.3 Å². The fourth-order valence-electron chi connectivity index (χ4n) is 3.43. The van der Waals surface area contributed by atoms with Crippen molar-refractivity contribution in [2.75, 3.05) is 18.0 Å². The summed E-state index contributed by atoms with van der Waals surface area (Å²) in [5.41, 5.74) is 1.91. The van der Waals surface area contributed by atoms with E-state index in [-0.39, 0.29) is 0 Å². The Hall–Kier alpha value is -2.80. The minimum atomic E-state index is -0.879. The maximum absolute atomic E-state index is 11.1. The fourth-order valence-corrected chi connectivity index (χ4v) is 3.43. The summed E-state index contributed by atoms with van der Waals surface area (Å²) in [7, 11) is 1.83. The van der Waals surface area contributed by atoms with E-state index in [1.165, 1.54) is 6.33 Å². The fraction of sp³-hybridized carbons (Fsp3) is 0.333. The molecular formula is C18H20N6O. The molecule has 128 valence electrons. The van der Waals surface area contributed by atoms with Crippen LogP contribution < -0.4 is 4.90 Å². The number of rotatable bonds is 3. The van der Waals surface area contributed by atoms with Gasteiger partial charge in [-0.05, 0) is 30.5 Å². The SMILES string of the molecule is Cc1ccccc1[C@@]1(O)CCN(c2nccc(-c3ncnn3C)n2)C1. The molecule has 1 N–H and O–H groups in total. The average molecular weight is 336 g/mol. The topological polar surface area (TPSA) is 80.0 Å². The van der Waals surface area contributed by atoms with Crippen LogP contribution in [0.2, 0.25) is 0 Å². The smallest absolute Gasteiger partial charge is 0.226 e. The Morgan fingerprint density at radius 2 is 2.00 bits per heavy atom. The first kappa shape index (κ1) is 15.7. The van der Waals surface area contributed by atoms with Gasteiger partial charge in [-0.25, -0.2) is 19.6 Å². The van der Waals surface area contributed by atoms with Gasteiger partial charge in [0.05, 0.1) is 6.54 Å². The summed E-state index contributed by atoms with van der Waals surface area (Å²) in [6, 6.07) is 9.80. The first-order chi connectivity index (χ1) is 12.1. The predicted molar refractivity (Wildman–Crippen MR) is 93.9 cm³/mol. The van der Waals surface area contributed by atoms with Crippen molar-refractivity contribution < 1.29 is 5.11 Å². The highest BCUT2D eigenvalue weighted by Gasteiger charge is 2.39. The van der Waals surface area contributed by atoms with Gasteiger partial charge in [-0.3, -0.25) is 0 Å². The monoisotopic (exact) mass is 336 g/mol. The molecule has 3 heterocycles. The van der Waals surface area contributed by atoms with Gasteiger partial charge >= 0.3 is 0 Å². The molecule has 0 aliphatic carbocycles. The molecule has 0 spiro atoms. The van der Waals surface area contributed by atoms with Crippen LogP contribution in [0, 0.1) is 6.92 Å². The van der Waals surface area contributed by atoms with Crippen LogP contribution in [0.5, 0.6) is 0 Å². The third-order valence-electron chi connectivity index (χ3n) is 4.76. The number of aryl methyl sites for hydroxylation is 2. The molecule has 1 atom stereocenters. The molecule has 1 aromatic carbocycles. The summed E-state index contributed by atoms with van der Waals surface area (Å²) in [5.74, 6) is 1.29. The van der Waals surface area contributed by atoms with Gasteiger partial charge in [-0.2, -0.15) is 5.10 Å². The number of hydrogen-bond acceptors (Lipinski definition) is 6. The quantitative estimate of drug-likeness (QED) is 0.784. The summed E-state index contributed by atoms with van der Waals surface area (Å²) in [6.07, 6.45) is 3.87. The predicted octanol–water partition coefficient (Wildman–Crippen LogP) is 1.68. The van der Waals surface area contributed by atoms with Gasteiger partial charge in [0.2, 0.25) is 5.95 Å². The number of nitrogens with zero attached hydrogens (tertiary/aromatic N) is 6. The van der Waals surface area contributed by atoms with Gasteiger partial charge < -0.3 is 10.0 Å². The summed E-state index contributed by atoms with van der Waals surface area (Å²) in [5, 5.41) is 15.2. The number of benzene rings is 1. The van der Waals surface area contributed by atoms with Crippen LogP contribution in [0.4, 0.5) is 5.95 Å². The van der Waals surface area contributed by atoms with E-state index in [1.54, 1.807) is 10.9 Å². The lowest BCUT2D eigenvalue weighted by atomic mass is 9.89. The van der Waals surface area contributed by atoms with Crippen molar-refractivity contribution in [3.8, 4) is 11.5 Å². The highest BCUT2D eigenvalue weighted by Crippen LogP contribution is 2.35. The van der Waals surface area contributed by atoms with Crippen LogP contribution in [0.15, 0.2) is 42.9 Å². The molecule has 7 nitrogen and oxygen atoms in total. The van der Waals surface area contributed by atoms with Crippen molar-refractivity contribution in [3.05, 3.63) is 54.0 Å². The molecule has 0 unspecified atom stereocenters. The largest absolute Gasteiger partial charge is 0.383 e. The number of hydrogen-bond donors (Lipinski definition) is 1. The standard InChI is InChI=1S/C18H20N6O/c1-13-5-3-4-6-14(13)18(25)8-10-24(11-18)17-19-9-7-15(22-17)16-20-12-21-23(16)2/h3-7,9,12,25H,8,10-11H2,1-2H3/t18-/m1/s1. The molecule has 0 radical (unpaired) electrons. The average Bonchev–Trinajstić information content (AvgIpc) is 3.22. The van der Waals surface area contributed by atoms with E-state index in [0.717, 1.165) is 16.8 Å². The molecule has 7 heteroatoms. The van der Waals surface area contributed by atoms with Crippen LogP contribution in [-0.2, 0) is 12.6 Å². The van der Waals surface area contributed by atoms with Crippen molar-refractivity contribution in [2.45, 2.75) is 18.9 Å². The highest BCUT2D eigenvalue weighted by molar-refractivity contribution is 5.52.